The van der Waals surface area contributed by atoms with Gasteiger partial charge in [-0.2, -0.15) is 0 Å². The normalized spacial score (nSPS) is 13.4. The van der Waals surface area contributed by atoms with E-state index >= 15 is 0 Å². The fraction of sp³-hybridized carbons (Fsp3) is 0.429. The van der Waals surface area contributed by atoms with Crippen LogP contribution in [-0.4, -0.2) is 32.1 Å². The molecule has 0 bridgehead atoms. The first kappa shape index (κ1) is 12.6. The van der Waals surface area contributed by atoms with E-state index < -0.39 is 0 Å². The Hall–Kier alpha value is -0.900. The first-order valence-corrected chi connectivity index (χ1v) is 6.85. The van der Waals surface area contributed by atoms with Crippen LogP contribution in [0.5, 0.6) is 0 Å². The summed E-state index contributed by atoms with van der Waals surface area (Å²) in [6.45, 7) is 4.35. The minimum atomic E-state index is 0.437. The summed E-state index contributed by atoms with van der Waals surface area (Å²) in [5, 5.41) is 4.92. The van der Waals surface area contributed by atoms with Gasteiger partial charge in [0.1, 0.15) is 0 Å². The third-order valence-electron chi connectivity index (χ3n) is 2.88. The molecule has 2 rings (SSSR count). The van der Waals surface area contributed by atoms with Crippen LogP contribution in [0.1, 0.15) is 17.8 Å². The second kappa shape index (κ2) is 5.63. The lowest BCUT2D eigenvalue weighted by Crippen LogP contribution is -2.28. The molecule has 0 aliphatic carbocycles. The number of likely N-dealkylation sites (N-methyl/N-ethyl adjacent to an activating group) is 1. The van der Waals surface area contributed by atoms with Crippen molar-refractivity contribution in [1.29, 1.82) is 0 Å². The minimum absolute atomic E-state index is 0.437. The maximum Gasteiger partial charge on any atom is 0.0386 e. The van der Waals surface area contributed by atoms with E-state index in [0.29, 0.717) is 6.04 Å². The number of rotatable bonds is 5. The molecule has 1 heterocycles. The molecule has 2 nitrogen and oxygen atoms in total. The van der Waals surface area contributed by atoms with Gasteiger partial charge < -0.3 is 10.2 Å². The summed E-state index contributed by atoms with van der Waals surface area (Å²) < 4.78 is 1.38. The van der Waals surface area contributed by atoms with Crippen molar-refractivity contribution in [1.82, 2.24) is 10.2 Å². The molecule has 0 radical (unpaired) electrons. The predicted molar refractivity (Wildman–Crippen MR) is 76.8 cm³/mol. The summed E-state index contributed by atoms with van der Waals surface area (Å²) in [6.07, 6.45) is 0. The first-order chi connectivity index (χ1) is 8.16. The highest BCUT2D eigenvalue weighted by Gasteiger charge is 2.08. The fourth-order valence-corrected chi connectivity index (χ4v) is 2.91. The molecule has 2 aromatic rings. The summed E-state index contributed by atoms with van der Waals surface area (Å²) in [5.74, 6) is 0. The molecule has 0 saturated heterocycles. The summed E-state index contributed by atoms with van der Waals surface area (Å²) in [4.78, 5) is 3.62. The van der Waals surface area contributed by atoms with Crippen LogP contribution in [0.15, 0.2) is 30.3 Å². The van der Waals surface area contributed by atoms with E-state index in [-0.39, 0.29) is 0 Å². The van der Waals surface area contributed by atoms with Gasteiger partial charge in [0.15, 0.2) is 0 Å². The average Bonchev–Trinajstić information content (AvgIpc) is 2.71. The minimum Gasteiger partial charge on any atom is -0.308 e. The highest BCUT2D eigenvalue weighted by atomic mass is 32.1. The largest absolute Gasteiger partial charge is 0.308 e. The van der Waals surface area contributed by atoms with Gasteiger partial charge in [-0.25, -0.2) is 0 Å². The molecule has 0 aliphatic heterocycles. The topological polar surface area (TPSA) is 15.3 Å². The molecule has 1 aromatic heterocycles. The molecular formula is C14H20N2S. The van der Waals surface area contributed by atoms with E-state index in [4.69, 9.17) is 0 Å². The van der Waals surface area contributed by atoms with E-state index in [1.54, 1.807) is 0 Å². The third-order valence-corrected chi connectivity index (χ3v) is 4.18. The smallest absolute Gasteiger partial charge is 0.0386 e. The van der Waals surface area contributed by atoms with Crippen LogP contribution in [0.25, 0.3) is 10.1 Å². The van der Waals surface area contributed by atoms with Crippen molar-refractivity contribution in [2.75, 3.05) is 27.2 Å². The van der Waals surface area contributed by atoms with Crippen molar-refractivity contribution in [2.24, 2.45) is 0 Å². The van der Waals surface area contributed by atoms with E-state index in [0.717, 1.165) is 13.1 Å². The number of hydrogen-bond donors (Lipinski definition) is 1. The number of hydrogen-bond acceptors (Lipinski definition) is 3. The Kier molecular flexibility index (Phi) is 4.15. The third kappa shape index (κ3) is 3.28. The molecule has 1 unspecified atom stereocenters. The van der Waals surface area contributed by atoms with Crippen molar-refractivity contribution in [3.63, 3.8) is 0 Å². The van der Waals surface area contributed by atoms with Gasteiger partial charge in [0.2, 0.25) is 0 Å². The number of benzene rings is 1. The monoisotopic (exact) mass is 248 g/mol. The zero-order chi connectivity index (χ0) is 12.3. The lowest BCUT2D eigenvalue weighted by Gasteiger charge is -2.14. The quantitative estimate of drug-likeness (QED) is 0.874. The molecule has 1 N–H and O–H groups in total. The molecule has 0 fully saturated rings. The van der Waals surface area contributed by atoms with Crippen LogP contribution in [0.2, 0.25) is 0 Å². The van der Waals surface area contributed by atoms with E-state index in [1.807, 2.05) is 11.3 Å². The second-order valence-electron chi connectivity index (χ2n) is 4.67. The molecule has 0 saturated carbocycles. The van der Waals surface area contributed by atoms with Crippen molar-refractivity contribution >= 4 is 21.4 Å². The average molecular weight is 248 g/mol. The molecule has 92 valence electrons. The molecule has 0 spiro atoms. The van der Waals surface area contributed by atoms with Gasteiger partial charge in [-0.15, -0.1) is 11.3 Å². The number of nitrogens with one attached hydrogen (secondary N) is 1. The number of nitrogens with zero attached hydrogens (tertiary/aromatic N) is 1. The molecular weight excluding hydrogens is 228 g/mol. The molecule has 0 aliphatic rings. The van der Waals surface area contributed by atoms with E-state index in [1.165, 1.54) is 15.0 Å². The summed E-state index contributed by atoms with van der Waals surface area (Å²) in [6, 6.07) is 11.3. The van der Waals surface area contributed by atoms with Gasteiger partial charge in [-0.1, -0.05) is 18.2 Å². The van der Waals surface area contributed by atoms with Crippen LogP contribution in [-0.2, 0) is 0 Å². The van der Waals surface area contributed by atoms with Gasteiger partial charge in [0.25, 0.3) is 0 Å². The van der Waals surface area contributed by atoms with Crippen LogP contribution in [0.3, 0.4) is 0 Å². The van der Waals surface area contributed by atoms with Crippen LogP contribution < -0.4 is 5.32 Å². The molecule has 1 atom stereocenters. The summed E-state index contributed by atoms with van der Waals surface area (Å²) >= 11 is 1.89. The van der Waals surface area contributed by atoms with Crippen LogP contribution in [0.4, 0.5) is 0 Å². The molecule has 1 aromatic carbocycles. The summed E-state index contributed by atoms with van der Waals surface area (Å²) in [7, 11) is 4.21. The van der Waals surface area contributed by atoms with Crippen molar-refractivity contribution in [3.05, 3.63) is 35.2 Å². The Bertz CT molecular complexity index is 443. The number of fused-ring (bicyclic) bond motifs is 1. The Labute approximate surface area is 107 Å². The van der Waals surface area contributed by atoms with Gasteiger partial charge in [0.05, 0.1) is 0 Å². The SMILES string of the molecule is CC(NCCN(C)C)c1cc2ccccc2s1. The zero-order valence-electron chi connectivity index (χ0n) is 10.7. The fourth-order valence-electron chi connectivity index (χ4n) is 1.82. The molecule has 0 amide bonds. The van der Waals surface area contributed by atoms with Gasteiger partial charge in [-0.05, 0) is 38.5 Å². The maximum absolute atomic E-state index is 3.56. The van der Waals surface area contributed by atoms with Crippen molar-refractivity contribution < 1.29 is 0 Å². The zero-order valence-corrected chi connectivity index (χ0v) is 11.6. The lowest BCUT2D eigenvalue weighted by atomic mass is 10.2. The standard InChI is InChI=1S/C14H20N2S/c1-11(15-8-9-16(2)3)14-10-12-6-4-5-7-13(12)17-14/h4-7,10-11,15H,8-9H2,1-3H3. The molecule has 17 heavy (non-hydrogen) atoms. The van der Waals surface area contributed by atoms with E-state index in [2.05, 4.69) is 61.6 Å². The highest BCUT2D eigenvalue weighted by Crippen LogP contribution is 2.29. The Morgan fingerprint density at radius 2 is 2.06 bits per heavy atom. The van der Waals surface area contributed by atoms with Gasteiger partial charge in [0, 0.05) is 28.7 Å². The van der Waals surface area contributed by atoms with E-state index in [9.17, 15) is 0 Å². The Morgan fingerprint density at radius 1 is 1.29 bits per heavy atom. The number of thiophene rings is 1. The Balaban J connectivity index is 2.01. The second-order valence-corrected chi connectivity index (χ2v) is 5.78. The predicted octanol–water partition coefficient (Wildman–Crippen LogP) is 3.11. The van der Waals surface area contributed by atoms with Gasteiger partial charge in [-0.3, -0.25) is 0 Å². The molecule has 3 heteroatoms. The van der Waals surface area contributed by atoms with Crippen molar-refractivity contribution in [2.45, 2.75) is 13.0 Å². The lowest BCUT2D eigenvalue weighted by molar-refractivity contribution is 0.390. The van der Waals surface area contributed by atoms with Crippen LogP contribution in [0, 0.1) is 0 Å². The Morgan fingerprint density at radius 3 is 2.76 bits per heavy atom. The van der Waals surface area contributed by atoms with Crippen LogP contribution >= 0.6 is 11.3 Å². The van der Waals surface area contributed by atoms with Gasteiger partial charge >= 0.3 is 0 Å². The highest BCUT2D eigenvalue weighted by molar-refractivity contribution is 7.19. The summed E-state index contributed by atoms with van der Waals surface area (Å²) in [5.41, 5.74) is 0. The van der Waals surface area contributed by atoms with Crippen molar-refractivity contribution in [3.8, 4) is 0 Å². The first-order valence-electron chi connectivity index (χ1n) is 6.03. The maximum atomic E-state index is 3.56.